The molecule has 1 N–H and O–H groups in total. The number of hydrogen-bond donors (Lipinski definition) is 1. The Morgan fingerprint density at radius 3 is 2.57 bits per heavy atom. The van der Waals surface area contributed by atoms with Crippen LogP contribution in [0.2, 0.25) is 10.0 Å². The average Bonchev–Trinajstić information content (AvgIpc) is 3.18. The van der Waals surface area contributed by atoms with E-state index in [1.807, 2.05) is 0 Å². The monoisotopic (exact) mass is 418 g/mol. The summed E-state index contributed by atoms with van der Waals surface area (Å²) in [7, 11) is 3.01. The Kier molecular flexibility index (Phi) is 6.23. The molecule has 144 valence electrons. The molecule has 3 aromatic rings. The van der Waals surface area contributed by atoms with Crippen molar-refractivity contribution in [2.75, 3.05) is 14.2 Å². The minimum atomic E-state index is -0.424. The summed E-state index contributed by atoms with van der Waals surface area (Å²) in [6.45, 7) is 0. The lowest BCUT2D eigenvalue weighted by Gasteiger charge is -2.08. The molecule has 0 unspecified atom stereocenters. The Balaban J connectivity index is 1.69. The number of nitrogens with one attached hydrogen (secondary N) is 1. The minimum Gasteiger partial charge on any atom is -0.497 e. The number of hydrogen-bond acceptors (Lipinski definition) is 5. The highest BCUT2D eigenvalue weighted by Gasteiger charge is 2.13. The van der Waals surface area contributed by atoms with Crippen molar-refractivity contribution in [1.29, 1.82) is 0 Å². The number of methoxy groups -OCH3 is 2. The van der Waals surface area contributed by atoms with Gasteiger partial charge in [-0.25, -0.2) is 5.43 Å². The van der Waals surface area contributed by atoms with Crippen molar-refractivity contribution in [3.05, 3.63) is 69.9 Å². The van der Waals surface area contributed by atoms with E-state index in [0.29, 0.717) is 38.6 Å². The number of benzene rings is 2. The molecule has 1 aromatic heterocycles. The minimum absolute atomic E-state index is 0.330. The summed E-state index contributed by atoms with van der Waals surface area (Å²) >= 11 is 11.9. The van der Waals surface area contributed by atoms with Crippen molar-refractivity contribution in [1.82, 2.24) is 5.43 Å². The van der Waals surface area contributed by atoms with E-state index >= 15 is 0 Å². The van der Waals surface area contributed by atoms with Gasteiger partial charge in [-0.1, -0.05) is 23.2 Å². The first-order valence-electron chi connectivity index (χ1n) is 8.12. The molecule has 2 aromatic carbocycles. The maximum atomic E-state index is 12.3. The van der Waals surface area contributed by atoms with Crippen LogP contribution >= 0.6 is 23.2 Å². The second-order valence-electron chi connectivity index (χ2n) is 5.60. The highest BCUT2D eigenvalue weighted by atomic mass is 35.5. The van der Waals surface area contributed by atoms with Gasteiger partial charge in [-0.2, -0.15) is 5.10 Å². The number of halogens is 2. The van der Waals surface area contributed by atoms with Crippen LogP contribution in [0.1, 0.15) is 16.1 Å². The molecule has 0 aliphatic carbocycles. The summed E-state index contributed by atoms with van der Waals surface area (Å²) in [6, 6.07) is 13.6. The number of furan rings is 1. The van der Waals surface area contributed by atoms with Crippen LogP contribution in [0.4, 0.5) is 0 Å². The average molecular weight is 419 g/mol. The molecular weight excluding hydrogens is 403 g/mol. The van der Waals surface area contributed by atoms with Gasteiger partial charge in [0, 0.05) is 11.6 Å². The Hall–Kier alpha value is -2.96. The van der Waals surface area contributed by atoms with Crippen molar-refractivity contribution in [2.24, 2.45) is 5.10 Å². The lowest BCUT2D eigenvalue weighted by Crippen LogP contribution is -2.18. The number of hydrazone groups is 1. The van der Waals surface area contributed by atoms with E-state index in [2.05, 4.69) is 10.5 Å². The van der Waals surface area contributed by atoms with E-state index in [-0.39, 0.29) is 0 Å². The van der Waals surface area contributed by atoms with Crippen molar-refractivity contribution in [3.8, 4) is 22.8 Å². The van der Waals surface area contributed by atoms with E-state index in [9.17, 15) is 4.79 Å². The summed E-state index contributed by atoms with van der Waals surface area (Å²) in [5.41, 5.74) is 3.55. The molecule has 28 heavy (non-hydrogen) atoms. The third-order valence-corrected chi connectivity index (χ3v) is 4.58. The standard InChI is InChI=1S/C20H16Cl2N2O4/c1-26-13-4-6-15(19(10-13)27-2)20(25)24-23-11-14-5-8-18(28-14)12-3-7-16(21)17(22)9-12/h3-11H,1-2H3,(H,24,25)/b23-11-. The fourth-order valence-corrected chi connectivity index (χ4v) is 2.73. The first-order valence-corrected chi connectivity index (χ1v) is 8.88. The molecule has 0 radical (unpaired) electrons. The van der Waals surface area contributed by atoms with Crippen LogP contribution in [0.3, 0.4) is 0 Å². The van der Waals surface area contributed by atoms with Gasteiger partial charge in [0.25, 0.3) is 5.91 Å². The molecule has 0 spiro atoms. The maximum Gasteiger partial charge on any atom is 0.275 e. The highest BCUT2D eigenvalue weighted by molar-refractivity contribution is 6.42. The molecule has 0 aliphatic heterocycles. The summed E-state index contributed by atoms with van der Waals surface area (Å²) in [6.07, 6.45) is 1.40. The molecule has 0 bridgehead atoms. The number of nitrogens with zero attached hydrogens (tertiary/aromatic N) is 1. The van der Waals surface area contributed by atoms with E-state index in [4.69, 9.17) is 37.1 Å². The van der Waals surface area contributed by atoms with Crippen molar-refractivity contribution in [3.63, 3.8) is 0 Å². The number of carbonyl (C=O) groups excluding carboxylic acids is 1. The van der Waals surface area contributed by atoms with Crippen LogP contribution in [0.5, 0.6) is 11.5 Å². The van der Waals surface area contributed by atoms with Gasteiger partial charge >= 0.3 is 0 Å². The molecule has 1 amide bonds. The first-order chi connectivity index (χ1) is 13.5. The van der Waals surface area contributed by atoms with Gasteiger partial charge in [-0.15, -0.1) is 0 Å². The fourth-order valence-electron chi connectivity index (χ4n) is 2.43. The van der Waals surface area contributed by atoms with E-state index in [0.717, 1.165) is 5.56 Å². The van der Waals surface area contributed by atoms with Crippen molar-refractivity contribution < 1.29 is 18.7 Å². The van der Waals surface area contributed by atoms with Crippen LogP contribution in [0.15, 0.2) is 58.0 Å². The second-order valence-corrected chi connectivity index (χ2v) is 6.41. The Bertz CT molecular complexity index is 1030. The number of carbonyl (C=O) groups is 1. The number of amides is 1. The molecule has 8 heteroatoms. The second kappa shape index (κ2) is 8.82. The molecular formula is C20H16Cl2N2O4. The predicted octanol–water partition coefficient (Wildman–Crippen LogP) is 5.03. The fraction of sp³-hybridized carbons (Fsp3) is 0.100. The molecule has 0 saturated heterocycles. The van der Waals surface area contributed by atoms with Gasteiger partial charge in [0.1, 0.15) is 23.0 Å². The van der Waals surface area contributed by atoms with Crippen LogP contribution in [-0.2, 0) is 0 Å². The van der Waals surface area contributed by atoms with Crippen molar-refractivity contribution in [2.45, 2.75) is 0 Å². The Labute approximate surface area is 171 Å². The van der Waals surface area contributed by atoms with Crippen LogP contribution in [-0.4, -0.2) is 26.3 Å². The lowest BCUT2D eigenvalue weighted by molar-refractivity contribution is 0.0952. The van der Waals surface area contributed by atoms with E-state index < -0.39 is 5.91 Å². The molecule has 1 heterocycles. The third kappa shape index (κ3) is 4.47. The molecule has 6 nitrogen and oxygen atoms in total. The Morgan fingerprint density at radius 1 is 1.04 bits per heavy atom. The van der Waals surface area contributed by atoms with Gasteiger partial charge in [0.05, 0.1) is 36.0 Å². The van der Waals surface area contributed by atoms with Gasteiger partial charge in [0.2, 0.25) is 0 Å². The molecule has 0 aliphatic rings. The zero-order chi connectivity index (χ0) is 20.1. The summed E-state index contributed by atoms with van der Waals surface area (Å²) in [5, 5.41) is 4.83. The zero-order valence-corrected chi connectivity index (χ0v) is 16.5. The molecule has 0 fully saturated rings. The first kappa shape index (κ1) is 19.8. The summed E-state index contributed by atoms with van der Waals surface area (Å²) < 4.78 is 16.0. The van der Waals surface area contributed by atoms with E-state index in [1.54, 1.807) is 48.5 Å². The summed E-state index contributed by atoms with van der Waals surface area (Å²) in [4.78, 5) is 12.3. The van der Waals surface area contributed by atoms with Crippen molar-refractivity contribution >= 4 is 35.3 Å². The zero-order valence-electron chi connectivity index (χ0n) is 15.0. The molecule has 3 rings (SSSR count). The van der Waals surface area contributed by atoms with Gasteiger partial charge in [-0.05, 0) is 42.5 Å². The van der Waals surface area contributed by atoms with Crippen LogP contribution in [0, 0.1) is 0 Å². The van der Waals surface area contributed by atoms with Crippen LogP contribution in [0.25, 0.3) is 11.3 Å². The molecule has 0 saturated carbocycles. The quantitative estimate of drug-likeness (QED) is 0.449. The lowest BCUT2D eigenvalue weighted by atomic mass is 10.2. The third-order valence-electron chi connectivity index (χ3n) is 3.84. The van der Waals surface area contributed by atoms with Gasteiger partial charge < -0.3 is 13.9 Å². The maximum absolute atomic E-state index is 12.3. The normalized spacial score (nSPS) is 10.9. The smallest absolute Gasteiger partial charge is 0.275 e. The summed E-state index contributed by atoms with van der Waals surface area (Å²) in [5.74, 6) is 1.60. The Morgan fingerprint density at radius 2 is 1.86 bits per heavy atom. The number of rotatable bonds is 6. The topological polar surface area (TPSA) is 73.1 Å². The van der Waals surface area contributed by atoms with E-state index in [1.165, 1.54) is 20.4 Å². The predicted molar refractivity (Wildman–Crippen MR) is 109 cm³/mol. The van der Waals surface area contributed by atoms with Crippen LogP contribution < -0.4 is 14.9 Å². The van der Waals surface area contributed by atoms with Gasteiger partial charge in [-0.3, -0.25) is 4.79 Å². The van der Waals surface area contributed by atoms with Gasteiger partial charge in [0.15, 0.2) is 0 Å². The number of ether oxygens (including phenoxy) is 2. The highest BCUT2D eigenvalue weighted by Crippen LogP contribution is 2.29. The molecule has 0 atom stereocenters. The SMILES string of the molecule is COc1ccc(C(=O)N/N=C\c2ccc(-c3ccc(Cl)c(Cl)c3)o2)c(OC)c1. The largest absolute Gasteiger partial charge is 0.497 e.